The molecule has 0 unspecified atom stereocenters. The van der Waals surface area contributed by atoms with Crippen molar-refractivity contribution in [2.45, 2.75) is 13.3 Å². The van der Waals surface area contributed by atoms with Crippen molar-refractivity contribution in [3.63, 3.8) is 0 Å². The summed E-state index contributed by atoms with van der Waals surface area (Å²) < 4.78 is 5.21. The molecule has 1 aliphatic rings. The Labute approximate surface area is 143 Å². The first-order chi connectivity index (χ1) is 11.5. The maximum Gasteiger partial charge on any atom is 0.290 e. The van der Waals surface area contributed by atoms with E-state index in [2.05, 4.69) is 5.32 Å². The Bertz CT molecular complexity index is 901. The molecule has 0 saturated carbocycles. The molecular weight excluding hydrogens is 326 g/mol. The first kappa shape index (κ1) is 16.3. The predicted molar refractivity (Wildman–Crippen MR) is 93.8 cm³/mol. The Kier molecular flexibility index (Phi) is 4.40. The van der Waals surface area contributed by atoms with Crippen LogP contribution in [0.4, 0.5) is 4.79 Å². The number of nitrogens with one attached hydrogen (secondary N) is 1. The highest BCUT2D eigenvalue weighted by Crippen LogP contribution is 2.35. The number of thioether (sulfide) groups is 1. The normalized spacial score (nSPS) is 16.2. The van der Waals surface area contributed by atoms with Gasteiger partial charge < -0.3 is 4.74 Å². The third-order valence-electron chi connectivity index (χ3n) is 3.71. The molecule has 122 valence electrons. The number of ketones is 1. The van der Waals surface area contributed by atoms with Gasteiger partial charge in [-0.2, -0.15) is 0 Å². The minimum absolute atomic E-state index is 0.0694. The minimum atomic E-state index is -0.448. The van der Waals surface area contributed by atoms with E-state index in [0.717, 1.165) is 33.8 Å². The van der Waals surface area contributed by atoms with Crippen molar-refractivity contribution in [3.8, 4) is 5.75 Å². The molecule has 1 N–H and O–H groups in total. The summed E-state index contributed by atoms with van der Waals surface area (Å²) in [6.07, 6.45) is 0.102. The second kappa shape index (κ2) is 6.49. The third kappa shape index (κ3) is 3.19. The third-order valence-corrected chi connectivity index (χ3v) is 4.64. The van der Waals surface area contributed by atoms with Crippen molar-refractivity contribution in [3.05, 3.63) is 46.9 Å². The molecular formula is C18H15NO4S. The largest absolute Gasteiger partial charge is 0.497 e. The topological polar surface area (TPSA) is 72.5 Å². The van der Waals surface area contributed by atoms with Crippen molar-refractivity contribution < 1.29 is 19.1 Å². The van der Waals surface area contributed by atoms with Gasteiger partial charge in [-0.15, -0.1) is 0 Å². The number of fused-ring (bicyclic) bond motifs is 1. The SMILES string of the molecule is COc1ccc2cc(/C(CC(C)=O)=C3/SC(=O)NC3=O)ccc2c1. The first-order valence-corrected chi connectivity index (χ1v) is 8.13. The Hall–Kier alpha value is -2.60. The summed E-state index contributed by atoms with van der Waals surface area (Å²) in [7, 11) is 1.61. The lowest BCUT2D eigenvalue weighted by molar-refractivity contribution is -0.116. The summed E-state index contributed by atoms with van der Waals surface area (Å²) in [5.41, 5.74) is 1.34. The van der Waals surface area contributed by atoms with Gasteiger partial charge in [0, 0.05) is 6.42 Å². The fraction of sp³-hybridized carbons (Fsp3) is 0.167. The molecule has 0 aromatic heterocycles. The molecule has 24 heavy (non-hydrogen) atoms. The standard InChI is InChI=1S/C18H15NO4S/c1-10(20)7-15(16-17(21)19-18(22)24-16)13-4-3-12-9-14(23-2)6-5-11(12)8-13/h3-6,8-9H,7H2,1-2H3,(H,19,21,22)/b16-15+. The first-order valence-electron chi connectivity index (χ1n) is 7.32. The van der Waals surface area contributed by atoms with Crippen molar-refractivity contribution in [2.75, 3.05) is 7.11 Å². The van der Waals surface area contributed by atoms with E-state index in [0.29, 0.717) is 10.5 Å². The number of Topliss-reactive ketones (excluding diaryl/α,β-unsaturated/α-hetero) is 1. The molecule has 0 aliphatic carbocycles. The summed E-state index contributed by atoms with van der Waals surface area (Å²) in [6.45, 7) is 1.46. The van der Waals surface area contributed by atoms with Crippen LogP contribution in [0.3, 0.4) is 0 Å². The highest BCUT2D eigenvalue weighted by atomic mass is 32.2. The van der Waals surface area contributed by atoms with Crippen LogP contribution in [0.5, 0.6) is 5.75 Å². The number of carbonyl (C=O) groups is 3. The van der Waals surface area contributed by atoms with Crippen LogP contribution in [0.2, 0.25) is 0 Å². The van der Waals surface area contributed by atoms with Gasteiger partial charge in [-0.1, -0.05) is 18.2 Å². The lowest BCUT2D eigenvalue weighted by Crippen LogP contribution is -2.18. The van der Waals surface area contributed by atoms with Crippen molar-refractivity contribution in [1.29, 1.82) is 0 Å². The number of carbonyl (C=O) groups excluding carboxylic acids is 3. The summed E-state index contributed by atoms with van der Waals surface area (Å²) >= 11 is 0.838. The monoisotopic (exact) mass is 341 g/mol. The van der Waals surface area contributed by atoms with Gasteiger partial charge >= 0.3 is 0 Å². The molecule has 0 atom stereocenters. The number of benzene rings is 2. The highest BCUT2D eigenvalue weighted by molar-refractivity contribution is 8.18. The van der Waals surface area contributed by atoms with Gasteiger partial charge in [0.2, 0.25) is 0 Å². The van der Waals surface area contributed by atoms with Gasteiger partial charge in [0.15, 0.2) is 0 Å². The summed E-state index contributed by atoms with van der Waals surface area (Å²) in [5.74, 6) is 0.241. The number of rotatable bonds is 4. The fourth-order valence-electron chi connectivity index (χ4n) is 2.61. The molecule has 0 spiro atoms. The molecule has 3 rings (SSSR count). The molecule has 1 aliphatic heterocycles. The molecule has 2 aromatic rings. The van der Waals surface area contributed by atoms with Gasteiger partial charge in [-0.3, -0.25) is 19.7 Å². The number of amides is 2. The minimum Gasteiger partial charge on any atom is -0.497 e. The smallest absolute Gasteiger partial charge is 0.290 e. The number of imide groups is 1. The summed E-state index contributed by atoms with van der Waals surface area (Å²) in [5, 5.41) is 3.78. The molecule has 6 heteroatoms. The average molecular weight is 341 g/mol. The van der Waals surface area contributed by atoms with E-state index in [1.54, 1.807) is 7.11 Å². The second-order valence-electron chi connectivity index (χ2n) is 5.46. The molecule has 0 bridgehead atoms. The quantitative estimate of drug-likeness (QED) is 0.862. The van der Waals surface area contributed by atoms with E-state index in [9.17, 15) is 14.4 Å². The van der Waals surface area contributed by atoms with Crippen LogP contribution in [0.25, 0.3) is 16.3 Å². The van der Waals surface area contributed by atoms with Crippen LogP contribution in [0.1, 0.15) is 18.9 Å². The Morgan fingerprint density at radius 2 is 1.83 bits per heavy atom. The molecule has 0 radical (unpaired) electrons. The van der Waals surface area contributed by atoms with E-state index < -0.39 is 11.1 Å². The molecule has 2 amide bonds. The van der Waals surface area contributed by atoms with Crippen LogP contribution in [-0.2, 0) is 9.59 Å². The maximum atomic E-state index is 12.0. The fourth-order valence-corrected chi connectivity index (χ4v) is 3.40. The van der Waals surface area contributed by atoms with E-state index in [1.165, 1.54) is 6.92 Å². The van der Waals surface area contributed by atoms with Crippen molar-refractivity contribution >= 4 is 45.0 Å². The average Bonchev–Trinajstić information content (AvgIpc) is 2.89. The zero-order chi connectivity index (χ0) is 17.3. The molecule has 1 fully saturated rings. The summed E-state index contributed by atoms with van der Waals surface area (Å²) in [6, 6.07) is 11.4. The molecule has 5 nitrogen and oxygen atoms in total. The van der Waals surface area contributed by atoms with Crippen LogP contribution in [-0.4, -0.2) is 24.0 Å². The molecule has 1 heterocycles. The molecule has 2 aromatic carbocycles. The number of hydrogen-bond donors (Lipinski definition) is 1. The lowest BCUT2D eigenvalue weighted by Gasteiger charge is -2.10. The van der Waals surface area contributed by atoms with Crippen LogP contribution >= 0.6 is 11.8 Å². The number of allylic oxidation sites excluding steroid dienone is 1. The van der Waals surface area contributed by atoms with Crippen LogP contribution < -0.4 is 10.1 Å². The van der Waals surface area contributed by atoms with Crippen LogP contribution in [0, 0.1) is 0 Å². The second-order valence-corrected chi connectivity index (χ2v) is 6.44. The van der Waals surface area contributed by atoms with Gasteiger partial charge in [0.05, 0.1) is 12.0 Å². The van der Waals surface area contributed by atoms with E-state index >= 15 is 0 Å². The zero-order valence-corrected chi connectivity index (χ0v) is 14.0. The van der Waals surface area contributed by atoms with Gasteiger partial charge in [-0.25, -0.2) is 0 Å². The van der Waals surface area contributed by atoms with Gasteiger partial charge in [0.1, 0.15) is 11.5 Å². The van der Waals surface area contributed by atoms with Crippen molar-refractivity contribution in [2.24, 2.45) is 0 Å². The van der Waals surface area contributed by atoms with Crippen molar-refractivity contribution in [1.82, 2.24) is 5.32 Å². The number of hydrogen-bond acceptors (Lipinski definition) is 5. The van der Waals surface area contributed by atoms with E-state index in [1.807, 2.05) is 36.4 Å². The summed E-state index contributed by atoms with van der Waals surface area (Å²) in [4.78, 5) is 35.4. The van der Waals surface area contributed by atoms with Gasteiger partial charge in [-0.05, 0) is 58.8 Å². The van der Waals surface area contributed by atoms with Crippen LogP contribution in [0.15, 0.2) is 41.3 Å². The number of methoxy groups -OCH3 is 1. The highest BCUT2D eigenvalue weighted by Gasteiger charge is 2.29. The zero-order valence-electron chi connectivity index (χ0n) is 13.2. The number of ether oxygens (including phenoxy) is 1. The lowest BCUT2D eigenvalue weighted by atomic mass is 9.97. The van der Waals surface area contributed by atoms with E-state index in [4.69, 9.17) is 4.74 Å². The maximum absolute atomic E-state index is 12.0. The Balaban J connectivity index is 2.13. The van der Waals surface area contributed by atoms with Gasteiger partial charge in [0.25, 0.3) is 11.1 Å². The van der Waals surface area contributed by atoms with E-state index in [-0.39, 0.29) is 12.2 Å². The molecule has 1 saturated heterocycles. The Morgan fingerprint density at radius 1 is 1.12 bits per heavy atom. The Morgan fingerprint density at radius 3 is 2.46 bits per heavy atom. The predicted octanol–water partition coefficient (Wildman–Crippen LogP) is 3.52.